The number of hydrogen-bond donors (Lipinski definition) is 3. The zero-order valence-electron chi connectivity index (χ0n) is 7.29. The van der Waals surface area contributed by atoms with E-state index in [0.717, 1.165) is 13.1 Å². The lowest BCUT2D eigenvalue weighted by molar-refractivity contribution is -0.647. The van der Waals surface area contributed by atoms with E-state index in [9.17, 15) is 9.46 Å². The minimum atomic E-state index is -2.84. The third-order valence-corrected chi connectivity index (χ3v) is 3.06. The Morgan fingerprint density at radius 3 is 1.82 bits per heavy atom. The molecule has 0 unspecified atom stereocenters. The summed E-state index contributed by atoms with van der Waals surface area (Å²) in [5.41, 5.74) is 0. The van der Waals surface area contributed by atoms with Crippen LogP contribution in [0.1, 0.15) is 13.8 Å². The summed E-state index contributed by atoms with van der Waals surface area (Å²) in [5, 5.41) is 3.73. The summed E-state index contributed by atoms with van der Waals surface area (Å²) in [7, 11) is -2.84. The molecule has 0 aliphatic rings. The van der Waals surface area contributed by atoms with Gasteiger partial charge in [0.2, 0.25) is 0 Å². The lowest BCUT2D eigenvalue weighted by Gasteiger charge is -2.06. The van der Waals surface area contributed by atoms with Crippen LogP contribution in [0.15, 0.2) is 0 Å². The SMILES string of the molecule is CC[NH2+]CP(=O)(O)C[NH2+]CC. The van der Waals surface area contributed by atoms with E-state index in [2.05, 4.69) is 0 Å². The molecule has 0 rings (SSSR count). The van der Waals surface area contributed by atoms with Crippen molar-refractivity contribution < 1.29 is 20.1 Å². The van der Waals surface area contributed by atoms with Gasteiger partial charge in [0.05, 0.1) is 13.1 Å². The summed E-state index contributed by atoms with van der Waals surface area (Å²) in [6.07, 6.45) is 0.722. The molecule has 68 valence electrons. The van der Waals surface area contributed by atoms with Crippen molar-refractivity contribution in [3.63, 3.8) is 0 Å². The van der Waals surface area contributed by atoms with Crippen LogP contribution in [0.4, 0.5) is 0 Å². The van der Waals surface area contributed by atoms with Crippen LogP contribution in [0, 0.1) is 0 Å². The van der Waals surface area contributed by atoms with Crippen LogP contribution in [-0.2, 0) is 4.57 Å². The fourth-order valence-corrected chi connectivity index (χ4v) is 2.21. The Hall–Kier alpha value is 0.110. The van der Waals surface area contributed by atoms with Gasteiger partial charge in [0, 0.05) is 0 Å². The monoisotopic (exact) mass is 182 g/mol. The van der Waals surface area contributed by atoms with Crippen molar-refractivity contribution in [1.82, 2.24) is 0 Å². The maximum Gasteiger partial charge on any atom is 0.305 e. The summed E-state index contributed by atoms with van der Waals surface area (Å²) in [6, 6.07) is 0. The van der Waals surface area contributed by atoms with E-state index in [1.165, 1.54) is 0 Å². The third kappa shape index (κ3) is 6.51. The van der Waals surface area contributed by atoms with Gasteiger partial charge in [-0.25, -0.2) is 0 Å². The molecule has 0 aliphatic carbocycles. The highest BCUT2D eigenvalue weighted by Crippen LogP contribution is 2.33. The van der Waals surface area contributed by atoms with E-state index in [0.29, 0.717) is 12.6 Å². The molecule has 0 fully saturated rings. The molecule has 0 heterocycles. The first-order valence-electron chi connectivity index (χ1n) is 4.06. The smallest absolute Gasteiger partial charge is 0.305 e. The molecule has 11 heavy (non-hydrogen) atoms. The van der Waals surface area contributed by atoms with Crippen molar-refractivity contribution in [3.05, 3.63) is 0 Å². The third-order valence-electron chi connectivity index (χ3n) is 1.41. The average Bonchev–Trinajstić information content (AvgIpc) is 1.97. The molecule has 4 nitrogen and oxygen atoms in total. The summed E-state index contributed by atoms with van der Waals surface area (Å²) in [6.45, 7) is 5.69. The number of hydrogen-bond acceptors (Lipinski definition) is 1. The van der Waals surface area contributed by atoms with Gasteiger partial charge in [-0.05, 0) is 13.8 Å². The zero-order chi connectivity index (χ0) is 8.74. The molecule has 0 radical (unpaired) electrons. The molecule has 0 spiro atoms. The van der Waals surface area contributed by atoms with Crippen LogP contribution in [0.25, 0.3) is 0 Å². The quantitative estimate of drug-likeness (QED) is 0.430. The molecule has 0 aromatic carbocycles. The highest BCUT2D eigenvalue weighted by atomic mass is 31.2. The Morgan fingerprint density at radius 2 is 1.55 bits per heavy atom. The maximum absolute atomic E-state index is 11.2. The van der Waals surface area contributed by atoms with Crippen LogP contribution >= 0.6 is 7.37 Å². The molecule has 0 aromatic heterocycles. The predicted molar refractivity (Wildman–Crippen MR) is 44.5 cm³/mol. The van der Waals surface area contributed by atoms with Gasteiger partial charge in [-0.15, -0.1) is 0 Å². The second-order valence-electron chi connectivity index (χ2n) is 2.61. The van der Waals surface area contributed by atoms with Crippen LogP contribution in [0.2, 0.25) is 0 Å². The standard InChI is InChI=1S/C6H17N2O2P/c1-3-7-5-11(9,10)6-8-4-2/h7-8H,3-6H2,1-2H3,(H,9,10)/p+2. The van der Waals surface area contributed by atoms with Gasteiger partial charge < -0.3 is 15.5 Å². The molecule has 0 saturated heterocycles. The van der Waals surface area contributed by atoms with Crippen LogP contribution in [0.3, 0.4) is 0 Å². The highest BCUT2D eigenvalue weighted by Gasteiger charge is 2.21. The van der Waals surface area contributed by atoms with Crippen LogP contribution in [0.5, 0.6) is 0 Å². The van der Waals surface area contributed by atoms with Crippen LogP contribution in [-0.4, -0.2) is 30.6 Å². The first kappa shape index (κ1) is 11.1. The van der Waals surface area contributed by atoms with Gasteiger partial charge in [-0.3, -0.25) is 4.57 Å². The first-order chi connectivity index (χ1) is 5.12. The zero-order valence-corrected chi connectivity index (χ0v) is 8.18. The van der Waals surface area contributed by atoms with Gasteiger partial charge in [0.15, 0.2) is 12.6 Å². The molecule has 5 N–H and O–H groups in total. The normalized spacial score (nSPS) is 11.9. The lowest BCUT2D eigenvalue weighted by Crippen LogP contribution is -2.87. The fourth-order valence-electron chi connectivity index (χ4n) is 0.736. The minimum absolute atomic E-state index is 0.361. The maximum atomic E-state index is 11.2. The van der Waals surface area contributed by atoms with Gasteiger partial charge in [0.1, 0.15) is 0 Å². The van der Waals surface area contributed by atoms with E-state index < -0.39 is 7.37 Å². The van der Waals surface area contributed by atoms with Gasteiger partial charge in [-0.1, -0.05) is 0 Å². The van der Waals surface area contributed by atoms with Crippen molar-refractivity contribution >= 4 is 7.37 Å². The van der Waals surface area contributed by atoms with Crippen molar-refractivity contribution in [1.29, 1.82) is 0 Å². The molecule has 0 aliphatic heterocycles. The Kier molecular flexibility index (Phi) is 5.78. The van der Waals surface area contributed by atoms with E-state index in [-0.39, 0.29) is 0 Å². The summed E-state index contributed by atoms with van der Waals surface area (Å²) in [5.74, 6) is 0. The van der Waals surface area contributed by atoms with Gasteiger partial charge in [-0.2, -0.15) is 0 Å². The molecule has 0 atom stereocenters. The largest absolute Gasteiger partial charge is 0.338 e. The predicted octanol–water partition coefficient (Wildman–Crippen LogP) is -1.66. The minimum Gasteiger partial charge on any atom is -0.338 e. The second-order valence-corrected chi connectivity index (χ2v) is 5.03. The highest BCUT2D eigenvalue weighted by molar-refractivity contribution is 7.57. The summed E-state index contributed by atoms with van der Waals surface area (Å²) < 4.78 is 11.2. The summed E-state index contributed by atoms with van der Waals surface area (Å²) >= 11 is 0. The Labute approximate surface area is 67.8 Å². The molecule has 5 heteroatoms. The fraction of sp³-hybridized carbons (Fsp3) is 1.00. The van der Waals surface area contributed by atoms with Gasteiger partial charge in [0.25, 0.3) is 0 Å². The molecule has 0 amide bonds. The van der Waals surface area contributed by atoms with Crippen molar-refractivity contribution in [3.8, 4) is 0 Å². The van der Waals surface area contributed by atoms with Gasteiger partial charge >= 0.3 is 7.37 Å². The van der Waals surface area contributed by atoms with E-state index in [1.807, 2.05) is 24.5 Å². The average molecular weight is 182 g/mol. The number of quaternary nitrogens is 2. The molecular formula is C6H19N2O2P+2. The van der Waals surface area contributed by atoms with Crippen molar-refractivity contribution in [2.24, 2.45) is 0 Å². The molecular weight excluding hydrogens is 163 g/mol. The lowest BCUT2D eigenvalue weighted by atomic mass is 10.8. The molecule has 0 saturated carbocycles. The van der Waals surface area contributed by atoms with Crippen molar-refractivity contribution in [2.75, 3.05) is 25.7 Å². The second kappa shape index (κ2) is 5.72. The molecule has 0 aromatic rings. The van der Waals surface area contributed by atoms with E-state index >= 15 is 0 Å². The van der Waals surface area contributed by atoms with Crippen molar-refractivity contribution in [2.45, 2.75) is 13.8 Å². The Balaban J connectivity index is 3.53. The van der Waals surface area contributed by atoms with Crippen LogP contribution < -0.4 is 10.6 Å². The first-order valence-corrected chi connectivity index (χ1v) is 6.09. The number of rotatable bonds is 6. The number of nitrogens with two attached hydrogens (primary N) is 2. The molecule has 0 bridgehead atoms. The summed E-state index contributed by atoms with van der Waals surface area (Å²) in [4.78, 5) is 9.27. The van der Waals surface area contributed by atoms with E-state index in [4.69, 9.17) is 0 Å². The Bertz CT molecular complexity index is 129. The Morgan fingerprint density at radius 1 is 1.18 bits per heavy atom. The topological polar surface area (TPSA) is 70.5 Å². The van der Waals surface area contributed by atoms with E-state index in [1.54, 1.807) is 0 Å².